The van der Waals surface area contributed by atoms with Crippen LogP contribution in [0, 0.1) is 5.41 Å². The van der Waals surface area contributed by atoms with Crippen LogP contribution >= 0.6 is 0 Å². The molecular weight excluding hydrogens is 242 g/mol. The zero-order chi connectivity index (χ0) is 13.9. The topological polar surface area (TPSA) is 83.5 Å². The van der Waals surface area contributed by atoms with Crippen LogP contribution in [-0.4, -0.2) is 30.8 Å². The lowest BCUT2D eigenvalue weighted by atomic mass is 9.87. The fourth-order valence-corrected chi connectivity index (χ4v) is 2.38. The second-order valence-corrected chi connectivity index (χ2v) is 8.04. The normalized spacial score (nSPS) is 14.9. The number of carbonyl (C=O) groups is 1. The fraction of sp³-hybridized carbons (Fsp3) is 0.909. The Balaban J connectivity index is 4.78. The first-order chi connectivity index (χ1) is 7.44. The minimum Gasteiger partial charge on any atom is -0.481 e. The lowest BCUT2D eigenvalue weighted by Gasteiger charge is -2.26. The van der Waals surface area contributed by atoms with Gasteiger partial charge < -0.3 is 5.11 Å². The zero-order valence-corrected chi connectivity index (χ0v) is 12.0. The number of aliphatic carboxylic acids is 1. The minimum atomic E-state index is -3.43. The van der Waals surface area contributed by atoms with Gasteiger partial charge in [-0.2, -0.15) is 0 Å². The molecule has 17 heavy (non-hydrogen) atoms. The third kappa shape index (κ3) is 7.33. The van der Waals surface area contributed by atoms with Crippen LogP contribution in [0.3, 0.4) is 0 Å². The summed E-state index contributed by atoms with van der Waals surface area (Å²) in [7, 11) is -3.43. The molecule has 6 heteroatoms. The van der Waals surface area contributed by atoms with E-state index in [1.54, 1.807) is 13.8 Å². The maximum Gasteiger partial charge on any atom is 0.304 e. The van der Waals surface area contributed by atoms with Crippen molar-refractivity contribution >= 4 is 16.0 Å². The van der Waals surface area contributed by atoms with Gasteiger partial charge in [-0.1, -0.05) is 20.8 Å². The lowest BCUT2D eigenvalue weighted by molar-refractivity contribution is -0.137. The van der Waals surface area contributed by atoms with E-state index in [-0.39, 0.29) is 11.8 Å². The van der Waals surface area contributed by atoms with Gasteiger partial charge in [-0.25, -0.2) is 13.1 Å². The molecule has 2 N–H and O–H groups in total. The highest BCUT2D eigenvalue weighted by atomic mass is 32.2. The number of nitrogens with one attached hydrogen (secondary N) is 1. The molecule has 0 aliphatic rings. The number of sulfonamides is 1. The van der Waals surface area contributed by atoms with Gasteiger partial charge in [-0.05, 0) is 25.7 Å². The van der Waals surface area contributed by atoms with E-state index in [1.807, 2.05) is 20.8 Å². The van der Waals surface area contributed by atoms with Crippen molar-refractivity contribution in [3.8, 4) is 0 Å². The van der Waals surface area contributed by atoms with Crippen LogP contribution in [0.1, 0.15) is 47.5 Å². The largest absolute Gasteiger partial charge is 0.481 e. The fourth-order valence-electron chi connectivity index (χ4n) is 1.47. The Morgan fingerprint density at radius 2 is 1.76 bits per heavy atom. The van der Waals surface area contributed by atoms with Gasteiger partial charge in [0.05, 0.1) is 11.7 Å². The SMILES string of the molecule is CC(C)S(=O)(=O)NC(CC(=O)O)CC(C)(C)C. The molecule has 0 aliphatic heterocycles. The van der Waals surface area contributed by atoms with Crippen molar-refractivity contribution in [2.24, 2.45) is 5.41 Å². The maximum absolute atomic E-state index is 11.7. The van der Waals surface area contributed by atoms with Crippen LogP contribution in [0.4, 0.5) is 0 Å². The summed E-state index contributed by atoms with van der Waals surface area (Å²) < 4.78 is 25.9. The van der Waals surface area contributed by atoms with Crippen molar-refractivity contribution in [3.63, 3.8) is 0 Å². The molecule has 102 valence electrons. The van der Waals surface area contributed by atoms with Gasteiger partial charge in [0.25, 0.3) is 0 Å². The molecule has 0 fully saturated rings. The molecule has 0 saturated heterocycles. The molecule has 0 heterocycles. The number of hydrogen-bond donors (Lipinski definition) is 2. The van der Waals surface area contributed by atoms with Crippen molar-refractivity contribution in [1.82, 2.24) is 4.72 Å². The van der Waals surface area contributed by atoms with Gasteiger partial charge in [-0.15, -0.1) is 0 Å². The van der Waals surface area contributed by atoms with Crippen molar-refractivity contribution in [1.29, 1.82) is 0 Å². The molecule has 0 amide bonds. The van der Waals surface area contributed by atoms with E-state index in [0.29, 0.717) is 6.42 Å². The maximum atomic E-state index is 11.7. The van der Waals surface area contributed by atoms with Crippen molar-refractivity contribution in [2.75, 3.05) is 0 Å². The molecular formula is C11H23NO4S. The predicted octanol–water partition coefficient (Wildman–Crippen LogP) is 1.59. The first-order valence-corrected chi connectivity index (χ1v) is 7.21. The Morgan fingerprint density at radius 1 is 1.29 bits per heavy atom. The van der Waals surface area contributed by atoms with Crippen LogP contribution in [0.15, 0.2) is 0 Å². The average molecular weight is 265 g/mol. The van der Waals surface area contributed by atoms with Crippen LogP contribution in [0.5, 0.6) is 0 Å². The molecule has 0 rings (SSSR count). The molecule has 0 bridgehead atoms. The van der Waals surface area contributed by atoms with E-state index in [4.69, 9.17) is 5.11 Å². The van der Waals surface area contributed by atoms with Gasteiger partial charge in [-0.3, -0.25) is 4.79 Å². The molecule has 0 aliphatic carbocycles. The quantitative estimate of drug-likeness (QED) is 0.764. The molecule has 0 saturated carbocycles. The van der Waals surface area contributed by atoms with Crippen molar-refractivity contribution in [3.05, 3.63) is 0 Å². The molecule has 0 radical (unpaired) electrons. The number of carboxylic acid groups (broad SMARTS) is 1. The lowest BCUT2D eigenvalue weighted by Crippen LogP contribution is -2.42. The second kappa shape index (κ2) is 5.82. The molecule has 0 aromatic carbocycles. The monoisotopic (exact) mass is 265 g/mol. The van der Waals surface area contributed by atoms with Gasteiger partial charge in [0.1, 0.15) is 0 Å². The summed E-state index contributed by atoms with van der Waals surface area (Å²) in [5, 5.41) is 8.22. The summed E-state index contributed by atoms with van der Waals surface area (Å²) in [6, 6.07) is -0.556. The molecule has 0 spiro atoms. The van der Waals surface area contributed by atoms with Gasteiger partial charge >= 0.3 is 5.97 Å². The highest BCUT2D eigenvalue weighted by Crippen LogP contribution is 2.22. The Kier molecular flexibility index (Phi) is 5.61. The number of carboxylic acids is 1. The van der Waals surface area contributed by atoms with E-state index >= 15 is 0 Å². The Labute approximate surface area is 104 Å². The molecule has 1 unspecified atom stereocenters. The van der Waals surface area contributed by atoms with Crippen LogP contribution in [-0.2, 0) is 14.8 Å². The third-order valence-electron chi connectivity index (χ3n) is 2.23. The first-order valence-electron chi connectivity index (χ1n) is 5.67. The highest BCUT2D eigenvalue weighted by Gasteiger charge is 2.26. The zero-order valence-electron chi connectivity index (χ0n) is 11.1. The molecule has 5 nitrogen and oxygen atoms in total. The summed E-state index contributed by atoms with van der Waals surface area (Å²) >= 11 is 0. The van der Waals surface area contributed by atoms with Crippen molar-refractivity contribution < 1.29 is 18.3 Å². The van der Waals surface area contributed by atoms with Crippen molar-refractivity contribution in [2.45, 2.75) is 58.8 Å². The van der Waals surface area contributed by atoms with Gasteiger partial charge in [0.15, 0.2) is 0 Å². The Hall–Kier alpha value is -0.620. The molecule has 1 atom stereocenters. The smallest absolute Gasteiger partial charge is 0.304 e. The van der Waals surface area contributed by atoms with E-state index in [2.05, 4.69) is 4.72 Å². The van der Waals surface area contributed by atoms with E-state index in [0.717, 1.165) is 0 Å². The Bertz CT molecular complexity index is 354. The third-order valence-corrected chi connectivity index (χ3v) is 4.13. The summed E-state index contributed by atoms with van der Waals surface area (Å²) in [6.07, 6.45) is 0.300. The highest BCUT2D eigenvalue weighted by molar-refractivity contribution is 7.90. The summed E-state index contributed by atoms with van der Waals surface area (Å²) in [5.41, 5.74) is -0.125. The van der Waals surface area contributed by atoms with Crippen LogP contribution in [0.2, 0.25) is 0 Å². The second-order valence-electron chi connectivity index (χ2n) is 5.77. The number of rotatable bonds is 6. The summed E-state index contributed by atoms with van der Waals surface area (Å²) in [4.78, 5) is 10.7. The van der Waals surface area contributed by atoms with Crippen LogP contribution < -0.4 is 4.72 Å². The number of hydrogen-bond acceptors (Lipinski definition) is 3. The predicted molar refractivity (Wildman–Crippen MR) is 67.3 cm³/mol. The van der Waals surface area contributed by atoms with E-state index in [9.17, 15) is 13.2 Å². The van der Waals surface area contributed by atoms with Gasteiger partial charge in [0.2, 0.25) is 10.0 Å². The van der Waals surface area contributed by atoms with Crippen LogP contribution in [0.25, 0.3) is 0 Å². The van der Waals surface area contributed by atoms with E-state index < -0.39 is 27.3 Å². The molecule has 0 aromatic heterocycles. The van der Waals surface area contributed by atoms with E-state index in [1.165, 1.54) is 0 Å². The minimum absolute atomic E-state index is 0.125. The standard InChI is InChI=1S/C11H23NO4S/c1-8(2)17(15,16)12-9(6-10(13)14)7-11(3,4)5/h8-9,12H,6-7H2,1-5H3,(H,13,14). The first kappa shape index (κ1) is 16.4. The Morgan fingerprint density at radius 3 is 2.06 bits per heavy atom. The summed E-state index contributed by atoms with van der Waals surface area (Å²) in [5.74, 6) is -0.995. The molecule has 0 aromatic rings. The summed E-state index contributed by atoms with van der Waals surface area (Å²) in [6.45, 7) is 8.98. The van der Waals surface area contributed by atoms with Gasteiger partial charge in [0, 0.05) is 6.04 Å². The average Bonchev–Trinajstić information content (AvgIpc) is 1.96.